The van der Waals surface area contributed by atoms with Gasteiger partial charge >= 0.3 is 0 Å². The van der Waals surface area contributed by atoms with Crippen molar-refractivity contribution in [3.8, 4) is 0 Å². The van der Waals surface area contributed by atoms with Gasteiger partial charge in [0.1, 0.15) is 0 Å². The quantitative estimate of drug-likeness (QED) is 0.752. The molecule has 3 nitrogen and oxygen atoms in total. The van der Waals surface area contributed by atoms with Gasteiger partial charge in [-0.1, -0.05) is 35.9 Å². The highest BCUT2D eigenvalue weighted by Gasteiger charge is 2.03. The minimum atomic E-state index is 0.109. The number of carbonyl (C=O) groups is 1. The van der Waals surface area contributed by atoms with Gasteiger partial charge in [0, 0.05) is 30.4 Å². The van der Waals surface area contributed by atoms with Gasteiger partial charge in [0.05, 0.1) is 0 Å². The zero-order valence-corrected chi connectivity index (χ0v) is 13.4. The molecule has 0 spiro atoms. The van der Waals surface area contributed by atoms with Gasteiger partial charge < -0.3 is 5.32 Å². The Bertz CT molecular complexity index is 587. The van der Waals surface area contributed by atoms with Crippen molar-refractivity contribution in [3.05, 3.63) is 64.9 Å². The van der Waals surface area contributed by atoms with Gasteiger partial charge in [0.25, 0.3) is 0 Å². The second-order valence-electron chi connectivity index (χ2n) is 5.26. The molecule has 2 aromatic rings. The molecule has 0 saturated heterocycles. The second kappa shape index (κ2) is 9.21. The van der Waals surface area contributed by atoms with Crippen LogP contribution < -0.4 is 5.32 Å². The summed E-state index contributed by atoms with van der Waals surface area (Å²) >= 11 is 6.09. The van der Waals surface area contributed by atoms with E-state index in [1.165, 1.54) is 5.56 Å². The van der Waals surface area contributed by atoms with E-state index in [9.17, 15) is 4.79 Å². The molecule has 1 aromatic carbocycles. The summed E-state index contributed by atoms with van der Waals surface area (Å²) in [7, 11) is 0. The fourth-order valence-corrected chi connectivity index (χ4v) is 2.53. The third-order valence-corrected chi connectivity index (χ3v) is 3.86. The number of rotatable bonds is 8. The number of aryl methyl sites for hydroxylation is 2. The van der Waals surface area contributed by atoms with E-state index in [0.29, 0.717) is 13.0 Å². The Labute approximate surface area is 136 Å². The predicted octanol–water partition coefficient (Wildman–Crippen LogP) is 3.81. The highest BCUT2D eigenvalue weighted by Crippen LogP contribution is 2.17. The highest BCUT2D eigenvalue weighted by molar-refractivity contribution is 6.31. The summed E-state index contributed by atoms with van der Waals surface area (Å²) in [5.41, 5.74) is 2.31. The minimum absolute atomic E-state index is 0.109. The number of nitrogens with one attached hydrogen (secondary N) is 1. The molecule has 1 N–H and O–H groups in total. The van der Waals surface area contributed by atoms with Crippen molar-refractivity contribution in [2.45, 2.75) is 32.1 Å². The Morgan fingerprint density at radius 1 is 1.09 bits per heavy atom. The molecule has 0 bridgehead atoms. The molecule has 2 rings (SSSR count). The molecule has 1 amide bonds. The van der Waals surface area contributed by atoms with Crippen molar-refractivity contribution in [1.82, 2.24) is 10.3 Å². The van der Waals surface area contributed by atoms with Gasteiger partial charge in [0.2, 0.25) is 5.91 Å². The maximum absolute atomic E-state index is 11.8. The summed E-state index contributed by atoms with van der Waals surface area (Å²) < 4.78 is 0. The smallest absolute Gasteiger partial charge is 0.220 e. The molecule has 1 aromatic heterocycles. The summed E-state index contributed by atoms with van der Waals surface area (Å²) in [5.74, 6) is 0.109. The molecule has 116 valence electrons. The zero-order chi connectivity index (χ0) is 15.6. The maximum Gasteiger partial charge on any atom is 0.220 e. The number of carbonyl (C=O) groups excluding carboxylic acids is 1. The van der Waals surface area contributed by atoms with Crippen LogP contribution in [0.1, 0.15) is 30.4 Å². The Kier molecular flexibility index (Phi) is 6.91. The average molecular weight is 317 g/mol. The maximum atomic E-state index is 11.8. The number of amides is 1. The Hall–Kier alpha value is -1.87. The molecule has 0 atom stereocenters. The summed E-state index contributed by atoms with van der Waals surface area (Å²) in [6.07, 6.45) is 7.70. The molecule has 0 fully saturated rings. The molecule has 0 aliphatic carbocycles. The first kappa shape index (κ1) is 16.5. The lowest BCUT2D eigenvalue weighted by Crippen LogP contribution is -2.24. The largest absolute Gasteiger partial charge is 0.356 e. The molecule has 4 heteroatoms. The van der Waals surface area contributed by atoms with E-state index in [1.54, 1.807) is 6.20 Å². The topological polar surface area (TPSA) is 42.0 Å². The fraction of sp³-hybridized carbons (Fsp3) is 0.333. The summed E-state index contributed by atoms with van der Waals surface area (Å²) in [6, 6.07) is 11.8. The van der Waals surface area contributed by atoms with Crippen molar-refractivity contribution in [1.29, 1.82) is 0 Å². The van der Waals surface area contributed by atoms with Crippen molar-refractivity contribution >= 4 is 17.5 Å². The molecular weight excluding hydrogens is 296 g/mol. The molecule has 0 radical (unpaired) electrons. The monoisotopic (exact) mass is 316 g/mol. The third kappa shape index (κ3) is 5.86. The Morgan fingerprint density at radius 3 is 2.73 bits per heavy atom. The number of pyridine rings is 1. The van der Waals surface area contributed by atoms with Gasteiger partial charge in [-0.3, -0.25) is 9.78 Å². The lowest BCUT2D eigenvalue weighted by molar-refractivity contribution is -0.121. The molecular formula is C18H21ClN2O. The van der Waals surface area contributed by atoms with Crippen LogP contribution in [0.5, 0.6) is 0 Å². The van der Waals surface area contributed by atoms with E-state index in [1.807, 2.05) is 36.5 Å². The molecule has 0 aliphatic rings. The van der Waals surface area contributed by atoms with E-state index < -0.39 is 0 Å². The van der Waals surface area contributed by atoms with Gasteiger partial charge in [-0.05, 0) is 48.9 Å². The second-order valence-corrected chi connectivity index (χ2v) is 5.67. The number of halogens is 1. The lowest BCUT2D eigenvalue weighted by Gasteiger charge is -2.06. The van der Waals surface area contributed by atoms with Crippen LogP contribution in [-0.4, -0.2) is 17.4 Å². The molecule has 0 unspecified atom stereocenters. The number of benzene rings is 1. The van der Waals surface area contributed by atoms with Crippen molar-refractivity contribution in [2.75, 3.05) is 6.54 Å². The third-order valence-electron chi connectivity index (χ3n) is 3.49. The van der Waals surface area contributed by atoms with Crippen LogP contribution in [0.15, 0.2) is 48.8 Å². The lowest BCUT2D eigenvalue weighted by atomic mass is 10.1. The van der Waals surface area contributed by atoms with Crippen LogP contribution in [0.25, 0.3) is 0 Å². The van der Waals surface area contributed by atoms with Crippen LogP contribution in [-0.2, 0) is 17.6 Å². The van der Waals surface area contributed by atoms with E-state index in [0.717, 1.165) is 36.3 Å². The van der Waals surface area contributed by atoms with Crippen LogP contribution in [0, 0.1) is 0 Å². The first-order valence-electron chi connectivity index (χ1n) is 7.65. The van der Waals surface area contributed by atoms with Gasteiger partial charge in [-0.15, -0.1) is 0 Å². The van der Waals surface area contributed by atoms with E-state index >= 15 is 0 Å². The highest BCUT2D eigenvalue weighted by atomic mass is 35.5. The van der Waals surface area contributed by atoms with Crippen molar-refractivity contribution < 1.29 is 4.79 Å². The summed E-state index contributed by atoms with van der Waals surface area (Å²) in [5, 5.41) is 3.74. The molecule has 1 heterocycles. The number of hydrogen-bond donors (Lipinski definition) is 1. The fourth-order valence-electron chi connectivity index (χ4n) is 2.30. The molecule has 0 aliphatic heterocycles. The molecule has 0 saturated carbocycles. The Balaban J connectivity index is 1.57. The van der Waals surface area contributed by atoms with Crippen LogP contribution in [0.3, 0.4) is 0 Å². The minimum Gasteiger partial charge on any atom is -0.356 e. The van der Waals surface area contributed by atoms with Gasteiger partial charge in [0.15, 0.2) is 0 Å². The Morgan fingerprint density at radius 2 is 1.95 bits per heavy atom. The van der Waals surface area contributed by atoms with E-state index in [-0.39, 0.29) is 5.91 Å². The van der Waals surface area contributed by atoms with Crippen molar-refractivity contribution in [2.24, 2.45) is 0 Å². The van der Waals surface area contributed by atoms with E-state index in [2.05, 4.69) is 16.4 Å². The van der Waals surface area contributed by atoms with Crippen LogP contribution >= 0.6 is 11.6 Å². The standard InChI is InChI=1S/C18H21ClN2O/c19-17-10-2-1-8-16(17)9-3-11-18(22)21-13-5-7-15-6-4-12-20-14-15/h1-2,4,6,8,10,12,14H,3,5,7,9,11,13H2,(H,21,22). The van der Waals surface area contributed by atoms with E-state index in [4.69, 9.17) is 11.6 Å². The van der Waals surface area contributed by atoms with Crippen LogP contribution in [0.4, 0.5) is 0 Å². The van der Waals surface area contributed by atoms with Crippen molar-refractivity contribution in [3.63, 3.8) is 0 Å². The zero-order valence-electron chi connectivity index (χ0n) is 12.6. The van der Waals surface area contributed by atoms with Gasteiger partial charge in [-0.25, -0.2) is 0 Å². The summed E-state index contributed by atoms with van der Waals surface area (Å²) in [6.45, 7) is 0.708. The normalized spacial score (nSPS) is 10.4. The van der Waals surface area contributed by atoms with Gasteiger partial charge in [-0.2, -0.15) is 0 Å². The van der Waals surface area contributed by atoms with Crippen LogP contribution in [0.2, 0.25) is 5.02 Å². The summed E-state index contributed by atoms with van der Waals surface area (Å²) in [4.78, 5) is 15.8. The average Bonchev–Trinajstić information content (AvgIpc) is 2.54. The SMILES string of the molecule is O=C(CCCc1ccccc1Cl)NCCCc1cccnc1. The first-order chi connectivity index (χ1) is 10.8. The first-order valence-corrected chi connectivity index (χ1v) is 8.02. The number of nitrogens with zero attached hydrogens (tertiary/aromatic N) is 1. The number of aromatic nitrogens is 1. The molecule has 22 heavy (non-hydrogen) atoms. The number of hydrogen-bond acceptors (Lipinski definition) is 2. The predicted molar refractivity (Wildman–Crippen MR) is 90.0 cm³/mol.